The van der Waals surface area contributed by atoms with Crippen molar-refractivity contribution in [1.29, 1.82) is 0 Å². The molecular weight excluding hydrogens is 492 g/mol. The molecule has 37 heavy (non-hydrogen) atoms. The van der Waals surface area contributed by atoms with E-state index in [0.717, 1.165) is 11.1 Å². The number of aromatic nitrogens is 3. The Kier molecular flexibility index (Phi) is 6.36. The van der Waals surface area contributed by atoms with E-state index in [4.69, 9.17) is 14.5 Å². The fraction of sp³-hybridized carbons (Fsp3) is 0.296. The molecule has 0 radical (unpaired) electrons. The maximum Gasteiger partial charge on any atom is 0.256 e. The lowest BCUT2D eigenvalue weighted by Crippen LogP contribution is -2.15. The molecule has 0 aliphatic carbocycles. The van der Waals surface area contributed by atoms with Gasteiger partial charge in [-0.2, -0.15) is 5.10 Å². The topological polar surface area (TPSA) is 112 Å². The highest BCUT2D eigenvalue weighted by molar-refractivity contribution is 7.91. The zero-order valence-corrected chi connectivity index (χ0v) is 21.9. The second kappa shape index (κ2) is 9.51. The number of fused-ring (bicyclic) bond motifs is 1. The Bertz CT molecular complexity index is 1610. The van der Waals surface area contributed by atoms with Gasteiger partial charge in [0.1, 0.15) is 11.5 Å². The van der Waals surface area contributed by atoms with Crippen LogP contribution in [0.3, 0.4) is 0 Å². The second-order valence-electron chi connectivity index (χ2n) is 9.23. The van der Waals surface area contributed by atoms with Gasteiger partial charge in [0.05, 0.1) is 59.8 Å². The van der Waals surface area contributed by atoms with E-state index in [9.17, 15) is 13.2 Å². The Labute approximate surface area is 215 Å². The van der Waals surface area contributed by atoms with E-state index in [2.05, 4.69) is 10.4 Å². The smallest absolute Gasteiger partial charge is 0.256 e. The highest BCUT2D eigenvalue weighted by Gasteiger charge is 2.32. The molecule has 4 aromatic rings. The molecule has 1 unspecified atom stereocenters. The number of sulfone groups is 1. The first-order valence-corrected chi connectivity index (χ1v) is 13.7. The Morgan fingerprint density at radius 2 is 1.81 bits per heavy atom. The van der Waals surface area contributed by atoms with Crippen LogP contribution in [0.4, 0.5) is 5.69 Å². The number of hydrogen-bond donors (Lipinski definition) is 1. The first-order valence-electron chi connectivity index (χ1n) is 11.9. The van der Waals surface area contributed by atoms with Crippen LogP contribution in [0.1, 0.15) is 34.1 Å². The van der Waals surface area contributed by atoms with Gasteiger partial charge in [-0.25, -0.2) is 18.1 Å². The number of benzene rings is 2. The molecule has 1 atom stereocenters. The molecular formula is C27H28N4O5S. The number of hydrogen-bond acceptors (Lipinski definition) is 7. The molecule has 1 aliphatic rings. The Morgan fingerprint density at radius 1 is 1.05 bits per heavy atom. The molecule has 2 aromatic carbocycles. The number of carbonyl (C=O) groups is 1. The number of nitrogens with one attached hydrogen (secondary N) is 1. The third kappa shape index (κ3) is 4.76. The summed E-state index contributed by atoms with van der Waals surface area (Å²) in [6.07, 6.45) is 0.456. The normalized spacial score (nSPS) is 16.6. The van der Waals surface area contributed by atoms with E-state index >= 15 is 0 Å². The van der Waals surface area contributed by atoms with Gasteiger partial charge >= 0.3 is 0 Å². The minimum atomic E-state index is -3.15. The van der Waals surface area contributed by atoms with Crippen LogP contribution in [-0.2, 0) is 9.84 Å². The molecule has 2 aromatic heterocycles. The van der Waals surface area contributed by atoms with Crippen molar-refractivity contribution < 1.29 is 22.7 Å². The second-order valence-corrected chi connectivity index (χ2v) is 11.5. The number of amides is 1. The summed E-state index contributed by atoms with van der Waals surface area (Å²) in [7, 11) is -0.0657. The summed E-state index contributed by atoms with van der Waals surface area (Å²) in [5, 5.41) is 8.19. The zero-order valence-electron chi connectivity index (χ0n) is 21.1. The van der Waals surface area contributed by atoms with Gasteiger partial charge in [0.15, 0.2) is 15.5 Å². The maximum absolute atomic E-state index is 13.8. The fourth-order valence-electron chi connectivity index (χ4n) is 4.69. The number of rotatable bonds is 6. The van der Waals surface area contributed by atoms with E-state index in [-0.39, 0.29) is 23.5 Å². The summed E-state index contributed by atoms with van der Waals surface area (Å²) in [6, 6.07) is 14.4. The molecule has 1 aliphatic heterocycles. The molecule has 0 bridgehead atoms. The van der Waals surface area contributed by atoms with Gasteiger partial charge in [-0.3, -0.25) is 4.79 Å². The quantitative estimate of drug-likeness (QED) is 0.402. The highest BCUT2D eigenvalue weighted by Crippen LogP contribution is 2.34. The molecule has 1 fully saturated rings. The number of nitrogens with zero attached hydrogens (tertiary/aromatic N) is 3. The van der Waals surface area contributed by atoms with Crippen LogP contribution in [0.5, 0.6) is 11.5 Å². The standard InChI is InChI=1S/C27H28N4O5S/c1-16-5-7-18(8-6-16)22-14-21(27(32)29-23-13-20(35-3)9-10-24(23)36-4)25-17(2)30-31(26(25)28-22)19-11-12-37(33,34)15-19/h5-10,13-14,19H,11-12,15H2,1-4H3,(H,29,32). The van der Waals surface area contributed by atoms with Crippen LogP contribution in [0.25, 0.3) is 22.3 Å². The van der Waals surface area contributed by atoms with Crippen molar-refractivity contribution in [3.05, 3.63) is 65.4 Å². The molecule has 10 heteroatoms. The molecule has 192 valence electrons. The number of pyridine rings is 1. The van der Waals surface area contributed by atoms with Gasteiger partial charge in [-0.05, 0) is 38.5 Å². The molecule has 0 saturated carbocycles. The average Bonchev–Trinajstić information content (AvgIpc) is 3.42. The van der Waals surface area contributed by atoms with Crippen molar-refractivity contribution in [1.82, 2.24) is 14.8 Å². The molecule has 3 heterocycles. The van der Waals surface area contributed by atoms with Gasteiger partial charge in [-0.1, -0.05) is 29.8 Å². The Hall–Kier alpha value is -3.92. The van der Waals surface area contributed by atoms with E-state index in [1.807, 2.05) is 31.2 Å². The van der Waals surface area contributed by atoms with Crippen molar-refractivity contribution in [2.24, 2.45) is 0 Å². The first-order chi connectivity index (χ1) is 17.7. The van der Waals surface area contributed by atoms with Gasteiger partial charge in [0, 0.05) is 11.6 Å². The van der Waals surface area contributed by atoms with E-state index in [1.165, 1.54) is 7.11 Å². The van der Waals surface area contributed by atoms with Crippen LogP contribution in [0, 0.1) is 13.8 Å². The van der Waals surface area contributed by atoms with Gasteiger partial charge in [-0.15, -0.1) is 0 Å². The average molecular weight is 521 g/mol. The lowest BCUT2D eigenvalue weighted by Gasteiger charge is -2.14. The largest absolute Gasteiger partial charge is 0.497 e. The molecule has 1 saturated heterocycles. The molecule has 1 amide bonds. The number of ether oxygens (including phenoxy) is 2. The van der Waals surface area contributed by atoms with Crippen molar-refractivity contribution in [3.63, 3.8) is 0 Å². The molecule has 9 nitrogen and oxygen atoms in total. The lowest BCUT2D eigenvalue weighted by atomic mass is 10.0. The van der Waals surface area contributed by atoms with Crippen molar-refractivity contribution in [2.45, 2.75) is 26.3 Å². The van der Waals surface area contributed by atoms with Crippen molar-refractivity contribution in [2.75, 3.05) is 31.0 Å². The Balaban J connectivity index is 1.67. The van der Waals surface area contributed by atoms with Crippen molar-refractivity contribution in [3.8, 4) is 22.8 Å². The Morgan fingerprint density at radius 3 is 2.46 bits per heavy atom. The van der Waals surface area contributed by atoms with Crippen LogP contribution >= 0.6 is 0 Å². The van der Waals surface area contributed by atoms with Crippen LogP contribution in [0.15, 0.2) is 48.5 Å². The van der Waals surface area contributed by atoms with Crippen molar-refractivity contribution >= 4 is 32.5 Å². The molecule has 1 N–H and O–H groups in total. The predicted octanol–water partition coefficient (Wildman–Crippen LogP) is 4.34. The SMILES string of the molecule is COc1ccc(OC)c(NC(=O)c2cc(-c3ccc(C)cc3)nc3c2c(C)nn3C2CCS(=O)(=O)C2)c1. The lowest BCUT2D eigenvalue weighted by molar-refractivity contribution is 0.102. The van der Waals surface area contributed by atoms with Gasteiger partial charge in [0.25, 0.3) is 5.91 Å². The van der Waals surface area contributed by atoms with Crippen LogP contribution < -0.4 is 14.8 Å². The van der Waals surface area contributed by atoms with E-state index in [0.29, 0.717) is 51.6 Å². The molecule has 0 spiro atoms. The summed E-state index contributed by atoms with van der Waals surface area (Å²) < 4.78 is 36.9. The minimum Gasteiger partial charge on any atom is -0.497 e. The summed E-state index contributed by atoms with van der Waals surface area (Å²) in [6.45, 7) is 3.80. The van der Waals surface area contributed by atoms with Crippen LogP contribution in [0.2, 0.25) is 0 Å². The first kappa shape index (κ1) is 24.8. The fourth-order valence-corrected chi connectivity index (χ4v) is 6.38. The summed E-state index contributed by atoms with van der Waals surface area (Å²) in [5.74, 6) is 0.805. The highest BCUT2D eigenvalue weighted by atomic mass is 32.2. The third-order valence-electron chi connectivity index (χ3n) is 6.64. The third-order valence-corrected chi connectivity index (χ3v) is 8.39. The predicted molar refractivity (Wildman–Crippen MR) is 142 cm³/mol. The summed E-state index contributed by atoms with van der Waals surface area (Å²) in [5.41, 5.74) is 4.47. The number of carbonyl (C=O) groups excluding carboxylic acids is 1. The summed E-state index contributed by atoms with van der Waals surface area (Å²) in [4.78, 5) is 18.6. The van der Waals surface area contributed by atoms with E-state index < -0.39 is 9.84 Å². The number of anilines is 1. The van der Waals surface area contributed by atoms with Gasteiger partial charge < -0.3 is 14.8 Å². The molecule has 5 rings (SSSR count). The van der Waals surface area contributed by atoms with Gasteiger partial charge in [0.2, 0.25) is 0 Å². The minimum absolute atomic E-state index is 0.00218. The monoisotopic (exact) mass is 520 g/mol. The van der Waals surface area contributed by atoms with E-state index in [1.54, 1.807) is 43.0 Å². The zero-order chi connectivity index (χ0) is 26.3. The van der Waals surface area contributed by atoms with Crippen LogP contribution in [-0.4, -0.2) is 54.8 Å². The number of methoxy groups -OCH3 is 2. The summed E-state index contributed by atoms with van der Waals surface area (Å²) >= 11 is 0. The maximum atomic E-state index is 13.8. The number of aryl methyl sites for hydroxylation is 2.